The average molecular weight is 383 g/mol. The van der Waals surface area contributed by atoms with E-state index in [1.165, 1.54) is 4.31 Å². The third-order valence-corrected chi connectivity index (χ3v) is 7.30. The Labute approximate surface area is 151 Å². The number of carbonyl (C=O) groups excluding carboxylic acids is 1. The minimum Gasteiger partial charge on any atom is -0.341 e. The van der Waals surface area contributed by atoms with Gasteiger partial charge in [0.25, 0.3) is 0 Å². The number of rotatable bonds is 4. The summed E-state index contributed by atoms with van der Waals surface area (Å²) >= 11 is 1.57. The second kappa shape index (κ2) is 7.27. The molecule has 0 unspecified atom stereocenters. The fourth-order valence-corrected chi connectivity index (χ4v) is 5.58. The lowest BCUT2D eigenvalue weighted by molar-refractivity contribution is -0.130. The lowest BCUT2D eigenvalue weighted by Crippen LogP contribution is -2.38. The predicted molar refractivity (Wildman–Crippen MR) is 96.0 cm³/mol. The van der Waals surface area contributed by atoms with Gasteiger partial charge in [-0.2, -0.15) is 20.7 Å². The number of nitrogens with one attached hydrogen (secondary N) is 1. The molecule has 0 aliphatic carbocycles. The number of aromatic amines is 1. The summed E-state index contributed by atoms with van der Waals surface area (Å²) in [4.78, 5) is 14.5. The number of sulfonamides is 1. The summed E-state index contributed by atoms with van der Waals surface area (Å²) in [5, 5.41) is 10.6. The molecule has 0 aromatic carbocycles. The molecule has 2 aromatic heterocycles. The molecule has 1 aliphatic heterocycles. The van der Waals surface area contributed by atoms with Crippen LogP contribution in [0.4, 0.5) is 0 Å². The van der Waals surface area contributed by atoms with E-state index in [1.807, 2.05) is 16.8 Å². The molecule has 0 saturated carbocycles. The molecule has 3 heterocycles. The normalized spacial score (nSPS) is 16.8. The molecule has 136 valence electrons. The molecule has 1 aliphatic rings. The topological polar surface area (TPSA) is 86.4 Å². The number of hydrogen-bond acceptors (Lipinski definition) is 5. The van der Waals surface area contributed by atoms with E-state index in [9.17, 15) is 13.2 Å². The first kappa shape index (κ1) is 18.1. The van der Waals surface area contributed by atoms with Gasteiger partial charge in [-0.15, -0.1) is 0 Å². The van der Waals surface area contributed by atoms with Crippen LogP contribution in [0.2, 0.25) is 0 Å². The zero-order valence-corrected chi connectivity index (χ0v) is 16.0. The van der Waals surface area contributed by atoms with Crippen LogP contribution in [0.15, 0.2) is 21.7 Å². The highest BCUT2D eigenvalue weighted by Gasteiger charge is 2.31. The number of hydrogen-bond donors (Lipinski definition) is 1. The minimum atomic E-state index is -3.60. The number of nitrogens with zero attached hydrogens (tertiary/aromatic N) is 3. The van der Waals surface area contributed by atoms with Gasteiger partial charge in [0.15, 0.2) is 0 Å². The quantitative estimate of drug-likeness (QED) is 0.869. The first-order chi connectivity index (χ1) is 11.9. The number of carbonyl (C=O) groups is 1. The Morgan fingerprint density at radius 1 is 1.28 bits per heavy atom. The fourth-order valence-electron chi connectivity index (χ4n) is 3.11. The first-order valence-electron chi connectivity index (χ1n) is 8.20. The Kier molecular flexibility index (Phi) is 5.26. The van der Waals surface area contributed by atoms with Gasteiger partial charge in [0.2, 0.25) is 15.9 Å². The molecule has 1 fully saturated rings. The molecule has 9 heteroatoms. The monoisotopic (exact) mass is 382 g/mol. The van der Waals surface area contributed by atoms with Crippen LogP contribution in [0, 0.1) is 13.8 Å². The van der Waals surface area contributed by atoms with E-state index < -0.39 is 10.0 Å². The summed E-state index contributed by atoms with van der Waals surface area (Å²) in [6.07, 6.45) is 1.00. The molecule has 0 atom stereocenters. The lowest BCUT2D eigenvalue weighted by atomic mass is 10.2. The van der Waals surface area contributed by atoms with Crippen molar-refractivity contribution in [3.63, 3.8) is 0 Å². The summed E-state index contributed by atoms with van der Waals surface area (Å²) in [5.74, 6) is 0.0494. The summed E-state index contributed by atoms with van der Waals surface area (Å²) < 4.78 is 27.3. The molecular weight excluding hydrogens is 360 g/mol. The van der Waals surface area contributed by atoms with Crippen LogP contribution < -0.4 is 0 Å². The van der Waals surface area contributed by atoms with Crippen molar-refractivity contribution in [2.24, 2.45) is 0 Å². The van der Waals surface area contributed by atoms with Gasteiger partial charge in [-0.3, -0.25) is 9.89 Å². The molecule has 0 spiro atoms. The van der Waals surface area contributed by atoms with Gasteiger partial charge in [0, 0.05) is 26.2 Å². The Balaban J connectivity index is 1.70. The van der Waals surface area contributed by atoms with E-state index >= 15 is 0 Å². The van der Waals surface area contributed by atoms with Gasteiger partial charge in [-0.25, -0.2) is 8.42 Å². The number of amides is 1. The van der Waals surface area contributed by atoms with E-state index in [2.05, 4.69) is 10.2 Å². The molecule has 1 saturated heterocycles. The Morgan fingerprint density at radius 3 is 2.72 bits per heavy atom. The maximum absolute atomic E-state index is 12.9. The Bertz CT molecular complexity index is 823. The van der Waals surface area contributed by atoms with Crippen LogP contribution in [0.1, 0.15) is 23.4 Å². The molecule has 1 amide bonds. The van der Waals surface area contributed by atoms with Crippen LogP contribution in [0.25, 0.3) is 0 Å². The number of H-pyrrole nitrogens is 1. The van der Waals surface area contributed by atoms with E-state index in [0.717, 1.165) is 5.56 Å². The number of aryl methyl sites for hydroxylation is 2. The van der Waals surface area contributed by atoms with Gasteiger partial charge in [0.05, 0.1) is 17.8 Å². The van der Waals surface area contributed by atoms with Gasteiger partial charge in [-0.05, 0) is 42.7 Å². The highest BCUT2D eigenvalue weighted by Crippen LogP contribution is 2.23. The van der Waals surface area contributed by atoms with E-state index in [4.69, 9.17) is 0 Å². The van der Waals surface area contributed by atoms with Crippen molar-refractivity contribution in [3.8, 4) is 0 Å². The molecule has 3 rings (SSSR count). The SMILES string of the molecule is Cc1n[nH]c(C)c1S(=O)(=O)N1CCCN(C(=O)Cc2ccsc2)CC1. The zero-order chi connectivity index (χ0) is 18.0. The Morgan fingerprint density at radius 2 is 2.08 bits per heavy atom. The molecule has 0 radical (unpaired) electrons. The average Bonchev–Trinajstić information content (AvgIpc) is 3.09. The van der Waals surface area contributed by atoms with Crippen molar-refractivity contribution in [2.45, 2.75) is 31.6 Å². The van der Waals surface area contributed by atoms with Crippen LogP contribution in [-0.4, -0.2) is 59.9 Å². The minimum absolute atomic E-state index is 0.0494. The zero-order valence-electron chi connectivity index (χ0n) is 14.4. The summed E-state index contributed by atoms with van der Waals surface area (Å²) in [6, 6.07) is 1.95. The first-order valence-corrected chi connectivity index (χ1v) is 10.6. The van der Waals surface area contributed by atoms with Crippen molar-refractivity contribution < 1.29 is 13.2 Å². The fraction of sp³-hybridized carbons (Fsp3) is 0.500. The number of aromatic nitrogens is 2. The third kappa shape index (κ3) is 3.78. The standard InChI is InChI=1S/C16H22N4O3S2/c1-12-16(13(2)18-17-12)25(22,23)20-6-3-5-19(7-8-20)15(21)10-14-4-9-24-11-14/h4,9,11H,3,5-8,10H2,1-2H3,(H,17,18). The van der Waals surface area contributed by atoms with E-state index in [0.29, 0.717) is 50.4 Å². The maximum Gasteiger partial charge on any atom is 0.246 e. The van der Waals surface area contributed by atoms with Crippen molar-refractivity contribution in [1.82, 2.24) is 19.4 Å². The van der Waals surface area contributed by atoms with Crippen molar-refractivity contribution in [2.75, 3.05) is 26.2 Å². The summed E-state index contributed by atoms with van der Waals surface area (Å²) in [7, 11) is -3.60. The van der Waals surface area contributed by atoms with Gasteiger partial charge in [0.1, 0.15) is 4.90 Å². The van der Waals surface area contributed by atoms with Crippen molar-refractivity contribution >= 4 is 27.3 Å². The van der Waals surface area contributed by atoms with Crippen molar-refractivity contribution in [1.29, 1.82) is 0 Å². The molecule has 7 nitrogen and oxygen atoms in total. The van der Waals surface area contributed by atoms with E-state index in [-0.39, 0.29) is 10.8 Å². The smallest absolute Gasteiger partial charge is 0.246 e. The van der Waals surface area contributed by atoms with Crippen molar-refractivity contribution in [3.05, 3.63) is 33.8 Å². The largest absolute Gasteiger partial charge is 0.341 e. The van der Waals surface area contributed by atoms with Gasteiger partial charge in [-0.1, -0.05) is 0 Å². The molecule has 25 heavy (non-hydrogen) atoms. The molecule has 2 aromatic rings. The molecule has 0 bridgehead atoms. The van der Waals surface area contributed by atoms with Crippen LogP contribution in [0.5, 0.6) is 0 Å². The summed E-state index contributed by atoms with van der Waals surface area (Å²) in [5.41, 5.74) is 2.03. The van der Waals surface area contributed by atoms with E-state index in [1.54, 1.807) is 30.1 Å². The summed E-state index contributed by atoms with van der Waals surface area (Å²) in [6.45, 7) is 5.11. The molecular formula is C16H22N4O3S2. The predicted octanol–water partition coefficient (Wildman–Crippen LogP) is 1.55. The Hall–Kier alpha value is -1.71. The molecule has 1 N–H and O–H groups in total. The maximum atomic E-state index is 12.9. The second-order valence-corrected chi connectivity index (χ2v) is 8.86. The second-order valence-electron chi connectivity index (χ2n) is 6.21. The highest BCUT2D eigenvalue weighted by molar-refractivity contribution is 7.89. The van der Waals surface area contributed by atoms with Crippen LogP contribution >= 0.6 is 11.3 Å². The van der Waals surface area contributed by atoms with Crippen LogP contribution in [-0.2, 0) is 21.2 Å². The number of thiophene rings is 1. The lowest BCUT2D eigenvalue weighted by Gasteiger charge is -2.22. The highest BCUT2D eigenvalue weighted by atomic mass is 32.2. The van der Waals surface area contributed by atoms with Crippen LogP contribution in [0.3, 0.4) is 0 Å². The van der Waals surface area contributed by atoms with Gasteiger partial charge < -0.3 is 4.90 Å². The third-order valence-electron chi connectivity index (χ3n) is 4.40. The van der Waals surface area contributed by atoms with Gasteiger partial charge >= 0.3 is 0 Å².